The number of carbonyl (C=O) groups is 1. The van der Waals surface area contributed by atoms with Gasteiger partial charge in [0.05, 0.1) is 40.0 Å². The van der Waals surface area contributed by atoms with Crippen molar-refractivity contribution in [1.82, 2.24) is 4.57 Å². The van der Waals surface area contributed by atoms with Crippen molar-refractivity contribution in [3.05, 3.63) is 101 Å². The second-order valence-electron chi connectivity index (χ2n) is 7.99. The summed E-state index contributed by atoms with van der Waals surface area (Å²) in [5, 5.41) is 0.551. The predicted molar refractivity (Wildman–Crippen MR) is 148 cm³/mol. The van der Waals surface area contributed by atoms with Gasteiger partial charge in [0.15, 0.2) is 16.3 Å². The number of allylic oxidation sites excluding steroid dienone is 1. The molecule has 10 heteroatoms. The van der Waals surface area contributed by atoms with E-state index in [1.165, 1.54) is 15.9 Å². The molecule has 1 atom stereocenters. The third kappa shape index (κ3) is 5.44. The molecule has 1 aliphatic heterocycles. The maximum Gasteiger partial charge on any atom is 0.338 e. The number of esters is 1. The van der Waals surface area contributed by atoms with Crippen LogP contribution in [0, 0.1) is 0 Å². The maximum atomic E-state index is 13.8. The van der Waals surface area contributed by atoms with Gasteiger partial charge in [0.25, 0.3) is 5.56 Å². The van der Waals surface area contributed by atoms with Crippen molar-refractivity contribution in [2.45, 2.75) is 19.9 Å². The molecule has 0 fully saturated rings. The van der Waals surface area contributed by atoms with Crippen molar-refractivity contribution < 1.29 is 19.0 Å². The molecule has 4 rings (SSSR count). The number of thiazole rings is 1. The molecule has 0 aliphatic carbocycles. The maximum absolute atomic E-state index is 13.8. The van der Waals surface area contributed by atoms with Gasteiger partial charge in [-0.15, -0.1) is 0 Å². The average Bonchev–Trinajstić information content (AvgIpc) is 3.17. The number of rotatable bonds is 8. The Bertz CT molecular complexity index is 1570. The van der Waals surface area contributed by atoms with E-state index in [9.17, 15) is 9.59 Å². The highest BCUT2D eigenvalue weighted by Crippen LogP contribution is 2.37. The van der Waals surface area contributed by atoms with Crippen molar-refractivity contribution in [3.63, 3.8) is 0 Å². The fraction of sp³-hybridized carbons (Fsp3) is 0.222. The van der Waals surface area contributed by atoms with E-state index in [-0.39, 0.29) is 12.2 Å². The van der Waals surface area contributed by atoms with E-state index in [0.29, 0.717) is 48.2 Å². The van der Waals surface area contributed by atoms with Crippen LogP contribution in [0.5, 0.6) is 11.5 Å². The summed E-state index contributed by atoms with van der Waals surface area (Å²) in [5.41, 5.74) is 1.99. The van der Waals surface area contributed by atoms with Gasteiger partial charge in [-0.1, -0.05) is 47.7 Å². The van der Waals surface area contributed by atoms with E-state index < -0.39 is 12.0 Å². The minimum Gasteiger partial charge on any atom is -0.493 e. The molecule has 0 saturated carbocycles. The topological polar surface area (TPSA) is 79.1 Å². The van der Waals surface area contributed by atoms with Crippen molar-refractivity contribution in [3.8, 4) is 11.5 Å². The normalized spacial score (nSPS) is 15.2. The van der Waals surface area contributed by atoms with Gasteiger partial charge in [0.2, 0.25) is 0 Å². The van der Waals surface area contributed by atoms with Gasteiger partial charge in [-0.2, -0.15) is 0 Å². The van der Waals surface area contributed by atoms with Crippen molar-refractivity contribution in [2.24, 2.45) is 4.99 Å². The summed E-state index contributed by atoms with van der Waals surface area (Å²) in [7, 11) is 1.55. The Labute approximate surface area is 231 Å². The van der Waals surface area contributed by atoms with Crippen LogP contribution in [0.4, 0.5) is 0 Å². The lowest BCUT2D eigenvalue weighted by Crippen LogP contribution is -2.39. The van der Waals surface area contributed by atoms with Crippen molar-refractivity contribution in [2.75, 3.05) is 20.3 Å². The fourth-order valence-electron chi connectivity index (χ4n) is 4.01. The highest BCUT2D eigenvalue weighted by atomic mass is 79.9. The van der Waals surface area contributed by atoms with Crippen LogP contribution in [0.1, 0.15) is 31.0 Å². The van der Waals surface area contributed by atoms with Gasteiger partial charge >= 0.3 is 5.97 Å². The molecule has 2 aromatic carbocycles. The Kier molecular flexibility index (Phi) is 8.36. The molecule has 2 heterocycles. The van der Waals surface area contributed by atoms with Gasteiger partial charge in [-0.3, -0.25) is 9.36 Å². The van der Waals surface area contributed by atoms with Crippen LogP contribution >= 0.6 is 38.9 Å². The van der Waals surface area contributed by atoms with E-state index in [2.05, 4.69) is 27.5 Å². The molecule has 0 spiro atoms. The predicted octanol–water partition coefficient (Wildman–Crippen LogP) is 4.79. The Morgan fingerprint density at radius 3 is 2.68 bits per heavy atom. The summed E-state index contributed by atoms with van der Waals surface area (Å²) >= 11 is 10.9. The standard InChI is InChI=1S/C27H24BrClN2O5S/c1-5-11-36-24-19(28)12-16(13-20(24)34-4)14-21-25(32)31-23(17-7-9-18(29)10-8-17)22(26(33)35-6-2)15(3)30-27(31)37-21/h5,7-10,12-14,23H,1,6,11H2,2-4H3. The van der Waals surface area contributed by atoms with Crippen LogP contribution in [0.15, 0.2) is 74.6 Å². The van der Waals surface area contributed by atoms with Crippen LogP contribution in [0.2, 0.25) is 5.02 Å². The molecule has 1 aliphatic rings. The Hall–Kier alpha value is -3.14. The number of benzene rings is 2. The summed E-state index contributed by atoms with van der Waals surface area (Å²) in [6.45, 7) is 7.68. The molecule has 0 radical (unpaired) electrons. The molecule has 37 heavy (non-hydrogen) atoms. The van der Waals surface area contributed by atoms with Crippen LogP contribution in [0.3, 0.4) is 0 Å². The molecule has 0 amide bonds. The Morgan fingerprint density at radius 2 is 2.03 bits per heavy atom. The molecule has 1 unspecified atom stereocenters. The lowest BCUT2D eigenvalue weighted by atomic mass is 9.96. The third-order valence-electron chi connectivity index (χ3n) is 5.60. The summed E-state index contributed by atoms with van der Waals surface area (Å²) in [4.78, 5) is 31.8. The number of aromatic nitrogens is 1. The van der Waals surface area contributed by atoms with E-state index in [1.807, 2.05) is 6.07 Å². The third-order valence-corrected chi connectivity index (χ3v) is 7.42. The molecular formula is C27H24BrClN2O5S. The molecule has 0 bridgehead atoms. The van der Waals surface area contributed by atoms with E-state index in [1.54, 1.807) is 63.4 Å². The van der Waals surface area contributed by atoms with Gasteiger partial charge < -0.3 is 14.2 Å². The second kappa shape index (κ2) is 11.5. The molecule has 7 nitrogen and oxygen atoms in total. The zero-order chi connectivity index (χ0) is 26.7. The van der Waals surface area contributed by atoms with Gasteiger partial charge in [-0.05, 0) is 71.2 Å². The molecule has 0 N–H and O–H groups in total. The van der Waals surface area contributed by atoms with E-state index >= 15 is 0 Å². The fourth-order valence-corrected chi connectivity index (χ4v) is 5.76. The van der Waals surface area contributed by atoms with Crippen molar-refractivity contribution >= 4 is 50.9 Å². The number of methoxy groups -OCH3 is 1. The lowest BCUT2D eigenvalue weighted by molar-refractivity contribution is -0.139. The second-order valence-corrected chi connectivity index (χ2v) is 10.3. The number of carbonyl (C=O) groups excluding carboxylic acids is 1. The Balaban J connectivity index is 1.90. The number of ether oxygens (including phenoxy) is 3. The highest BCUT2D eigenvalue weighted by molar-refractivity contribution is 9.10. The van der Waals surface area contributed by atoms with Crippen LogP contribution < -0.4 is 24.4 Å². The molecule has 0 saturated heterocycles. The molecule has 3 aromatic rings. The Morgan fingerprint density at radius 1 is 1.30 bits per heavy atom. The monoisotopic (exact) mass is 602 g/mol. The molecule has 1 aromatic heterocycles. The summed E-state index contributed by atoms with van der Waals surface area (Å²) < 4.78 is 19.2. The number of hydrogen-bond acceptors (Lipinski definition) is 7. The van der Waals surface area contributed by atoms with E-state index in [0.717, 1.165) is 11.1 Å². The van der Waals surface area contributed by atoms with Gasteiger partial charge in [0, 0.05) is 5.02 Å². The summed E-state index contributed by atoms with van der Waals surface area (Å²) in [6, 6.07) is 9.97. The minimum atomic E-state index is -0.703. The van der Waals surface area contributed by atoms with E-state index in [4.69, 9.17) is 25.8 Å². The quantitative estimate of drug-likeness (QED) is 0.273. The lowest BCUT2D eigenvalue weighted by Gasteiger charge is -2.24. The highest BCUT2D eigenvalue weighted by Gasteiger charge is 2.33. The zero-order valence-electron chi connectivity index (χ0n) is 20.4. The number of hydrogen-bond donors (Lipinski definition) is 0. The van der Waals surface area contributed by atoms with Crippen LogP contribution in [0.25, 0.3) is 6.08 Å². The summed E-state index contributed by atoms with van der Waals surface area (Å²) in [6.07, 6.45) is 3.40. The first-order valence-corrected chi connectivity index (χ1v) is 13.3. The van der Waals surface area contributed by atoms with Crippen LogP contribution in [-0.2, 0) is 9.53 Å². The number of nitrogens with zero attached hydrogens (tertiary/aromatic N) is 2. The largest absolute Gasteiger partial charge is 0.493 e. The first-order valence-electron chi connectivity index (χ1n) is 11.3. The molecule has 192 valence electrons. The first-order chi connectivity index (χ1) is 17.8. The zero-order valence-corrected chi connectivity index (χ0v) is 23.6. The van der Waals surface area contributed by atoms with Crippen LogP contribution in [-0.4, -0.2) is 30.9 Å². The van der Waals surface area contributed by atoms with Crippen molar-refractivity contribution in [1.29, 1.82) is 0 Å². The molecular weight excluding hydrogens is 580 g/mol. The van der Waals surface area contributed by atoms with Gasteiger partial charge in [-0.25, -0.2) is 9.79 Å². The SMILES string of the molecule is C=CCOc1c(Br)cc(C=c2sc3n(c2=O)C(c2ccc(Cl)cc2)C(C(=O)OCC)=C(C)N=3)cc1OC. The first kappa shape index (κ1) is 26.9. The smallest absolute Gasteiger partial charge is 0.338 e. The number of fused-ring (bicyclic) bond motifs is 1. The minimum absolute atomic E-state index is 0.205. The number of halogens is 2. The average molecular weight is 604 g/mol. The summed E-state index contributed by atoms with van der Waals surface area (Å²) in [5.74, 6) is 0.537. The van der Waals surface area contributed by atoms with Gasteiger partial charge in [0.1, 0.15) is 6.61 Å².